The third kappa shape index (κ3) is 4.20. The number of aromatic nitrogens is 3. The Labute approximate surface area is 151 Å². The molecule has 0 saturated carbocycles. The van der Waals surface area contributed by atoms with Crippen LogP contribution in [-0.2, 0) is 19.4 Å². The molecular formula is C19H20FN3OS. The van der Waals surface area contributed by atoms with Crippen LogP contribution >= 0.6 is 11.8 Å². The topological polar surface area (TPSA) is 39.9 Å². The largest absolute Gasteiger partial charge is 0.485 e. The molecule has 0 atom stereocenters. The van der Waals surface area contributed by atoms with Crippen LogP contribution in [0.2, 0.25) is 0 Å². The number of rotatable bonds is 6. The molecule has 3 aromatic rings. The Morgan fingerprint density at radius 1 is 1.12 bits per heavy atom. The molecule has 0 radical (unpaired) electrons. The van der Waals surface area contributed by atoms with Crippen LogP contribution in [0.15, 0.2) is 47.6 Å². The maximum atomic E-state index is 13.7. The van der Waals surface area contributed by atoms with E-state index in [2.05, 4.69) is 23.2 Å². The molecule has 0 amide bonds. The van der Waals surface area contributed by atoms with Gasteiger partial charge in [-0.15, -0.1) is 10.2 Å². The molecule has 3 rings (SSSR count). The molecule has 0 N–H and O–H groups in total. The maximum Gasteiger partial charge on any atom is 0.191 e. The summed E-state index contributed by atoms with van der Waals surface area (Å²) in [5.41, 5.74) is 2.95. The Balaban J connectivity index is 1.64. The summed E-state index contributed by atoms with van der Waals surface area (Å²) in [4.78, 5) is 0. The third-order valence-corrected chi connectivity index (χ3v) is 5.00. The van der Waals surface area contributed by atoms with Gasteiger partial charge in [-0.25, -0.2) is 4.39 Å². The Hall–Kier alpha value is -2.34. The number of nitrogens with zero attached hydrogens (tertiary/aromatic N) is 3. The van der Waals surface area contributed by atoms with E-state index in [1.807, 2.05) is 36.7 Å². The van der Waals surface area contributed by atoms with E-state index in [1.165, 1.54) is 23.4 Å². The van der Waals surface area contributed by atoms with Gasteiger partial charge in [0.1, 0.15) is 18.2 Å². The molecule has 0 unspecified atom stereocenters. The van der Waals surface area contributed by atoms with E-state index in [-0.39, 0.29) is 5.82 Å². The van der Waals surface area contributed by atoms with E-state index in [0.29, 0.717) is 17.9 Å². The first-order valence-electron chi connectivity index (χ1n) is 7.99. The summed E-state index contributed by atoms with van der Waals surface area (Å²) in [6.07, 6.45) is 0. The van der Waals surface area contributed by atoms with Crippen LogP contribution in [0, 0.1) is 19.7 Å². The zero-order valence-corrected chi connectivity index (χ0v) is 15.3. The van der Waals surface area contributed by atoms with Crippen LogP contribution in [0.4, 0.5) is 4.39 Å². The van der Waals surface area contributed by atoms with Crippen LogP contribution in [-0.4, -0.2) is 14.8 Å². The standard InChI is InChI=1S/C19H20FN3OS/c1-13-8-9-17(14(2)10-13)24-11-18-21-22-19(23(18)3)25-12-15-6-4-5-7-16(15)20/h4-10H,11-12H2,1-3H3. The Morgan fingerprint density at radius 3 is 2.68 bits per heavy atom. The second-order valence-electron chi connectivity index (χ2n) is 5.90. The minimum Gasteiger partial charge on any atom is -0.485 e. The number of aryl methyl sites for hydroxylation is 2. The van der Waals surface area contributed by atoms with Gasteiger partial charge in [-0.2, -0.15) is 0 Å². The van der Waals surface area contributed by atoms with Crippen molar-refractivity contribution in [3.8, 4) is 5.75 Å². The molecule has 1 aromatic heterocycles. The molecule has 6 heteroatoms. The highest BCUT2D eigenvalue weighted by atomic mass is 32.2. The van der Waals surface area contributed by atoms with Crippen molar-refractivity contribution in [3.63, 3.8) is 0 Å². The highest BCUT2D eigenvalue weighted by Gasteiger charge is 2.12. The minimum absolute atomic E-state index is 0.199. The van der Waals surface area contributed by atoms with Gasteiger partial charge in [-0.05, 0) is 37.1 Å². The molecule has 0 aliphatic heterocycles. The number of hydrogen-bond acceptors (Lipinski definition) is 4. The first-order valence-corrected chi connectivity index (χ1v) is 8.97. The van der Waals surface area contributed by atoms with Gasteiger partial charge < -0.3 is 9.30 Å². The molecule has 130 valence electrons. The maximum absolute atomic E-state index is 13.7. The van der Waals surface area contributed by atoms with Crippen molar-refractivity contribution in [2.75, 3.05) is 0 Å². The molecular weight excluding hydrogens is 337 g/mol. The predicted molar refractivity (Wildman–Crippen MR) is 97.2 cm³/mol. The first kappa shape index (κ1) is 17.5. The van der Waals surface area contributed by atoms with Gasteiger partial charge in [-0.1, -0.05) is 47.7 Å². The highest BCUT2D eigenvalue weighted by Crippen LogP contribution is 2.24. The lowest BCUT2D eigenvalue weighted by molar-refractivity contribution is 0.288. The van der Waals surface area contributed by atoms with Crippen molar-refractivity contribution in [1.82, 2.24) is 14.8 Å². The van der Waals surface area contributed by atoms with E-state index in [1.54, 1.807) is 12.1 Å². The molecule has 0 fully saturated rings. The monoisotopic (exact) mass is 357 g/mol. The van der Waals surface area contributed by atoms with Crippen molar-refractivity contribution >= 4 is 11.8 Å². The van der Waals surface area contributed by atoms with Gasteiger partial charge in [0.25, 0.3) is 0 Å². The van der Waals surface area contributed by atoms with E-state index < -0.39 is 0 Å². The molecule has 0 bridgehead atoms. The van der Waals surface area contributed by atoms with Crippen LogP contribution in [0.5, 0.6) is 5.75 Å². The zero-order chi connectivity index (χ0) is 17.8. The quantitative estimate of drug-likeness (QED) is 0.612. The van der Waals surface area contributed by atoms with Crippen LogP contribution in [0.1, 0.15) is 22.5 Å². The fourth-order valence-electron chi connectivity index (χ4n) is 2.46. The van der Waals surface area contributed by atoms with Crippen LogP contribution in [0.25, 0.3) is 0 Å². The van der Waals surface area contributed by atoms with Crippen LogP contribution < -0.4 is 4.74 Å². The molecule has 0 aliphatic rings. The molecule has 4 nitrogen and oxygen atoms in total. The lowest BCUT2D eigenvalue weighted by Crippen LogP contribution is -2.05. The lowest BCUT2D eigenvalue weighted by atomic mass is 10.1. The molecule has 2 aromatic carbocycles. The van der Waals surface area contributed by atoms with Crippen molar-refractivity contribution in [3.05, 3.63) is 70.8 Å². The van der Waals surface area contributed by atoms with E-state index in [9.17, 15) is 4.39 Å². The van der Waals surface area contributed by atoms with Crippen LogP contribution in [0.3, 0.4) is 0 Å². The van der Waals surface area contributed by atoms with Crippen molar-refractivity contribution in [2.45, 2.75) is 31.4 Å². The predicted octanol–water partition coefficient (Wildman–Crippen LogP) is 4.44. The zero-order valence-electron chi connectivity index (χ0n) is 14.5. The summed E-state index contributed by atoms with van der Waals surface area (Å²) in [6.45, 7) is 4.42. The number of halogens is 1. The number of hydrogen-bond donors (Lipinski definition) is 0. The van der Waals surface area contributed by atoms with Gasteiger partial charge in [-0.3, -0.25) is 0 Å². The van der Waals surface area contributed by atoms with Gasteiger partial charge in [0.15, 0.2) is 11.0 Å². The number of thioether (sulfide) groups is 1. The summed E-state index contributed by atoms with van der Waals surface area (Å²) in [7, 11) is 1.89. The van der Waals surface area contributed by atoms with Gasteiger partial charge in [0.05, 0.1) is 0 Å². The summed E-state index contributed by atoms with van der Waals surface area (Å²) in [5.74, 6) is 1.89. The molecule has 25 heavy (non-hydrogen) atoms. The van der Waals surface area contributed by atoms with Crippen molar-refractivity contribution < 1.29 is 9.13 Å². The van der Waals surface area contributed by atoms with Gasteiger partial charge >= 0.3 is 0 Å². The number of benzene rings is 2. The Kier molecular flexibility index (Phi) is 5.38. The van der Waals surface area contributed by atoms with Gasteiger partial charge in [0.2, 0.25) is 0 Å². The highest BCUT2D eigenvalue weighted by molar-refractivity contribution is 7.98. The summed E-state index contributed by atoms with van der Waals surface area (Å²) >= 11 is 1.46. The Morgan fingerprint density at radius 2 is 1.92 bits per heavy atom. The summed E-state index contributed by atoms with van der Waals surface area (Å²) < 4.78 is 21.4. The summed E-state index contributed by atoms with van der Waals surface area (Å²) in [6, 6.07) is 12.8. The average molecular weight is 357 g/mol. The molecule has 0 aliphatic carbocycles. The normalized spacial score (nSPS) is 10.9. The fourth-order valence-corrected chi connectivity index (χ4v) is 3.37. The van der Waals surface area contributed by atoms with E-state index in [0.717, 1.165) is 22.3 Å². The molecule has 1 heterocycles. The Bertz CT molecular complexity index is 879. The molecule has 0 spiro atoms. The number of ether oxygens (including phenoxy) is 1. The van der Waals surface area contributed by atoms with Gasteiger partial charge in [0, 0.05) is 12.8 Å². The lowest BCUT2D eigenvalue weighted by Gasteiger charge is -2.09. The van der Waals surface area contributed by atoms with E-state index in [4.69, 9.17) is 4.74 Å². The smallest absolute Gasteiger partial charge is 0.191 e. The second-order valence-corrected chi connectivity index (χ2v) is 6.84. The third-order valence-electron chi connectivity index (χ3n) is 3.93. The molecule has 0 saturated heterocycles. The second kappa shape index (κ2) is 7.70. The average Bonchev–Trinajstić information content (AvgIpc) is 2.94. The first-order chi connectivity index (χ1) is 12.0. The van der Waals surface area contributed by atoms with Crippen molar-refractivity contribution in [2.24, 2.45) is 7.05 Å². The SMILES string of the molecule is Cc1ccc(OCc2nnc(SCc3ccccc3F)n2C)c(C)c1. The van der Waals surface area contributed by atoms with Crippen molar-refractivity contribution in [1.29, 1.82) is 0 Å². The summed E-state index contributed by atoms with van der Waals surface area (Å²) in [5, 5.41) is 9.11. The van der Waals surface area contributed by atoms with E-state index >= 15 is 0 Å². The minimum atomic E-state index is -0.199. The fraction of sp³-hybridized carbons (Fsp3) is 0.263.